The van der Waals surface area contributed by atoms with E-state index in [0.29, 0.717) is 0 Å². The average molecular weight is 405 g/mol. The van der Waals surface area contributed by atoms with Crippen LogP contribution in [0.25, 0.3) is 0 Å². The quantitative estimate of drug-likeness (QED) is 0.725. The SMILES string of the molecule is CN(C1CCCCC1)C1CCCCC1.O=C(O)CNC(=O)OCc1ccccc1. The first-order chi connectivity index (χ1) is 14.1. The summed E-state index contributed by atoms with van der Waals surface area (Å²) in [7, 11) is 2.38. The van der Waals surface area contributed by atoms with E-state index < -0.39 is 18.6 Å². The number of nitrogens with zero attached hydrogens (tertiary/aromatic N) is 1. The second kappa shape index (κ2) is 13.2. The third kappa shape index (κ3) is 9.31. The average Bonchev–Trinajstić information content (AvgIpc) is 2.78. The highest BCUT2D eigenvalue weighted by Gasteiger charge is 2.25. The Kier molecular flexibility index (Phi) is 10.6. The molecule has 2 fully saturated rings. The van der Waals surface area contributed by atoms with E-state index in [-0.39, 0.29) is 6.61 Å². The standard InChI is InChI=1S/C13H25N.C10H11NO4/c1-14(12-8-4-2-5-9-12)13-10-6-3-7-11-13;12-9(13)6-11-10(14)15-7-8-4-2-1-3-5-8/h12-13H,2-11H2,1H3;1-5H,6-7H2,(H,11,14)(H,12,13). The molecule has 0 atom stereocenters. The monoisotopic (exact) mass is 404 g/mol. The van der Waals surface area contributed by atoms with E-state index in [0.717, 1.165) is 17.6 Å². The summed E-state index contributed by atoms with van der Waals surface area (Å²) in [6.07, 6.45) is 14.0. The van der Waals surface area contributed by atoms with Gasteiger partial charge in [-0.25, -0.2) is 4.79 Å². The molecular weight excluding hydrogens is 368 g/mol. The van der Waals surface area contributed by atoms with E-state index in [4.69, 9.17) is 9.84 Å². The summed E-state index contributed by atoms with van der Waals surface area (Å²) < 4.78 is 4.77. The maximum absolute atomic E-state index is 10.9. The fourth-order valence-electron chi connectivity index (χ4n) is 4.20. The predicted octanol–water partition coefficient (Wildman–Crippen LogP) is 4.58. The van der Waals surface area contributed by atoms with E-state index in [1.54, 1.807) is 0 Å². The van der Waals surface area contributed by atoms with Crippen molar-refractivity contribution in [3.8, 4) is 0 Å². The van der Waals surface area contributed by atoms with E-state index in [9.17, 15) is 9.59 Å². The normalized spacial score (nSPS) is 17.9. The van der Waals surface area contributed by atoms with E-state index in [2.05, 4.69) is 17.3 Å². The third-order valence-corrected chi connectivity index (χ3v) is 5.90. The Labute approximate surface area is 174 Å². The fraction of sp³-hybridized carbons (Fsp3) is 0.652. The summed E-state index contributed by atoms with van der Waals surface area (Å²) in [5.41, 5.74) is 0.850. The van der Waals surface area contributed by atoms with Crippen LogP contribution in [0.4, 0.5) is 4.79 Å². The van der Waals surface area contributed by atoms with Crippen LogP contribution >= 0.6 is 0 Å². The zero-order valence-electron chi connectivity index (χ0n) is 17.6. The van der Waals surface area contributed by atoms with Gasteiger partial charge in [-0.15, -0.1) is 0 Å². The van der Waals surface area contributed by atoms with Crippen molar-refractivity contribution in [1.82, 2.24) is 10.2 Å². The number of amides is 1. The highest BCUT2D eigenvalue weighted by molar-refractivity contribution is 5.76. The number of alkyl carbamates (subject to hydrolysis) is 1. The maximum atomic E-state index is 10.9. The van der Waals surface area contributed by atoms with Gasteiger partial charge in [0.1, 0.15) is 13.2 Å². The van der Waals surface area contributed by atoms with Crippen LogP contribution in [-0.4, -0.2) is 47.7 Å². The molecular formula is C23H36N2O4. The van der Waals surface area contributed by atoms with Gasteiger partial charge in [0.2, 0.25) is 0 Å². The van der Waals surface area contributed by atoms with Gasteiger partial charge in [0.15, 0.2) is 0 Å². The molecule has 0 heterocycles. The lowest BCUT2D eigenvalue weighted by atomic mass is 9.89. The molecule has 0 aromatic heterocycles. The van der Waals surface area contributed by atoms with Crippen LogP contribution in [0.1, 0.15) is 69.8 Å². The molecule has 0 bridgehead atoms. The fourth-order valence-corrected chi connectivity index (χ4v) is 4.20. The Morgan fingerprint density at radius 2 is 1.48 bits per heavy atom. The lowest BCUT2D eigenvalue weighted by Crippen LogP contribution is -2.42. The van der Waals surface area contributed by atoms with Crippen molar-refractivity contribution >= 4 is 12.1 Å². The molecule has 0 saturated heterocycles. The zero-order valence-corrected chi connectivity index (χ0v) is 17.6. The number of hydrogen-bond donors (Lipinski definition) is 2. The van der Waals surface area contributed by atoms with Crippen molar-refractivity contribution < 1.29 is 19.4 Å². The van der Waals surface area contributed by atoms with Crippen LogP contribution in [0.15, 0.2) is 30.3 Å². The van der Waals surface area contributed by atoms with Crippen LogP contribution < -0.4 is 5.32 Å². The van der Waals surface area contributed by atoms with Crippen molar-refractivity contribution in [3.63, 3.8) is 0 Å². The Morgan fingerprint density at radius 1 is 0.966 bits per heavy atom. The summed E-state index contributed by atoms with van der Waals surface area (Å²) in [5.74, 6) is -1.10. The first-order valence-corrected chi connectivity index (χ1v) is 10.9. The maximum Gasteiger partial charge on any atom is 0.407 e. The molecule has 2 aliphatic carbocycles. The molecule has 0 radical (unpaired) electrons. The highest BCUT2D eigenvalue weighted by atomic mass is 16.5. The van der Waals surface area contributed by atoms with Gasteiger partial charge in [-0.2, -0.15) is 0 Å². The number of carbonyl (C=O) groups excluding carboxylic acids is 1. The lowest BCUT2D eigenvalue weighted by Gasteiger charge is -2.39. The lowest BCUT2D eigenvalue weighted by molar-refractivity contribution is -0.135. The largest absolute Gasteiger partial charge is 0.480 e. The number of hydrogen-bond acceptors (Lipinski definition) is 4. The smallest absolute Gasteiger partial charge is 0.407 e. The van der Waals surface area contributed by atoms with E-state index >= 15 is 0 Å². The molecule has 1 aromatic rings. The van der Waals surface area contributed by atoms with Gasteiger partial charge in [-0.05, 0) is 38.3 Å². The van der Waals surface area contributed by atoms with Crippen molar-refractivity contribution in [1.29, 1.82) is 0 Å². The molecule has 6 nitrogen and oxygen atoms in total. The molecule has 2 saturated carbocycles. The predicted molar refractivity (Wildman–Crippen MR) is 114 cm³/mol. The van der Waals surface area contributed by atoms with E-state index in [1.807, 2.05) is 30.3 Å². The number of carbonyl (C=O) groups is 2. The zero-order chi connectivity index (χ0) is 20.9. The molecule has 29 heavy (non-hydrogen) atoms. The van der Waals surface area contributed by atoms with Crippen LogP contribution in [0.5, 0.6) is 0 Å². The first-order valence-electron chi connectivity index (χ1n) is 10.9. The molecule has 1 aromatic carbocycles. The minimum absolute atomic E-state index is 0.131. The van der Waals surface area contributed by atoms with Crippen molar-refractivity contribution in [2.45, 2.75) is 82.9 Å². The van der Waals surface area contributed by atoms with Gasteiger partial charge in [-0.3, -0.25) is 4.79 Å². The van der Waals surface area contributed by atoms with Crippen molar-refractivity contribution in [2.24, 2.45) is 0 Å². The second-order valence-electron chi connectivity index (χ2n) is 8.06. The summed E-state index contributed by atoms with van der Waals surface area (Å²) in [6, 6.07) is 11.0. The Morgan fingerprint density at radius 3 is 1.97 bits per heavy atom. The molecule has 162 valence electrons. The molecule has 0 aliphatic heterocycles. The Balaban J connectivity index is 0.000000207. The molecule has 0 unspecified atom stereocenters. The number of nitrogens with one attached hydrogen (secondary N) is 1. The van der Waals surface area contributed by atoms with Gasteiger partial charge in [0.05, 0.1) is 0 Å². The Bertz CT molecular complexity index is 578. The van der Waals surface area contributed by atoms with Gasteiger partial charge in [0.25, 0.3) is 0 Å². The van der Waals surface area contributed by atoms with Crippen molar-refractivity contribution in [2.75, 3.05) is 13.6 Å². The molecule has 0 spiro atoms. The Hall–Kier alpha value is -2.08. The minimum Gasteiger partial charge on any atom is -0.480 e. The van der Waals surface area contributed by atoms with Gasteiger partial charge >= 0.3 is 12.1 Å². The van der Waals surface area contributed by atoms with Crippen molar-refractivity contribution in [3.05, 3.63) is 35.9 Å². The number of ether oxygens (including phenoxy) is 1. The summed E-state index contributed by atoms with van der Waals surface area (Å²) in [4.78, 5) is 23.8. The molecule has 6 heteroatoms. The number of benzene rings is 1. The third-order valence-electron chi connectivity index (χ3n) is 5.90. The molecule has 2 aliphatic rings. The number of rotatable bonds is 6. The summed E-state index contributed by atoms with van der Waals surface area (Å²) in [5, 5.41) is 10.4. The summed E-state index contributed by atoms with van der Waals surface area (Å²) in [6.45, 7) is -0.306. The number of carboxylic acids is 1. The molecule has 2 N–H and O–H groups in total. The first kappa shape index (κ1) is 23.2. The molecule has 1 amide bonds. The van der Waals surface area contributed by atoms with Gasteiger partial charge in [-0.1, -0.05) is 68.9 Å². The number of aliphatic carboxylic acids is 1. The second-order valence-corrected chi connectivity index (χ2v) is 8.06. The van der Waals surface area contributed by atoms with Crippen LogP contribution in [0.2, 0.25) is 0 Å². The van der Waals surface area contributed by atoms with Gasteiger partial charge < -0.3 is 20.1 Å². The van der Waals surface area contributed by atoms with Crippen LogP contribution in [0.3, 0.4) is 0 Å². The highest BCUT2D eigenvalue weighted by Crippen LogP contribution is 2.28. The summed E-state index contributed by atoms with van der Waals surface area (Å²) >= 11 is 0. The van der Waals surface area contributed by atoms with Crippen LogP contribution in [0, 0.1) is 0 Å². The topological polar surface area (TPSA) is 78.9 Å². The number of carboxylic acid groups (broad SMARTS) is 1. The minimum atomic E-state index is -1.10. The van der Waals surface area contributed by atoms with Gasteiger partial charge in [0, 0.05) is 12.1 Å². The molecule has 3 rings (SSSR count). The van der Waals surface area contributed by atoms with E-state index in [1.165, 1.54) is 64.2 Å². The van der Waals surface area contributed by atoms with Crippen LogP contribution in [-0.2, 0) is 16.1 Å².